The van der Waals surface area contributed by atoms with Crippen LogP contribution in [0.1, 0.15) is 5.56 Å². The van der Waals surface area contributed by atoms with Crippen LogP contribution in [0.15, 0.2) is 42.5 Å². The van der Waals surface area contributed by atoms with Crippen LogP contribution in [0.25, 0.3) is 0 Å². The van der Waals surface area contributed by atoms with Crippen molar-refractivity contribution in [1.29, 1.82) is 0 Å². The van der Waals surface area contributed by atoms with Crippen molar-refractivity contribution in [2.24, 2.45) is 0 Å². The SMILES string of the molecule is O=C(Nc1ccc(F)cc1)Nc1ccc(C(F)(F)F)c(Cl)c1. The van der Waals surface area contributed by atoms with Gasteiger partial charge >= 0.3 is 12.2 Å². The topological polar surface area (TPSA) is 41.1 Å². The monoisotopic (exact) mass is 332 g/mol. The summed E-state index contributed by atoms with van der Waals surface area (Å²) < 4.78 is 50.4. The zero-order valence-electron chi connectivity index (χ0n) is 10.8. The fourth-order valence-corrected chi connectivity index (χ4v) is 1.94. The summed E-state index contributed by atoms with van der Waals surface area (Å²) in [7, 11) is 0. The average molecular weight is 333 g/mol. The lowest BCUT2D eigenvalue weighted by Gasteiger charge is -2.11. The van der Waals surface area contributed by atoms with Crippen LogP contribution in [-0.4, -0.2) is 6.03 Å². The van der Waals surface area contributed by atoms with Gasteiger partial charge in [-0.1, -0.05) is 11.6 Å². The average Bonchev–Trinajstić information content (AvgIpc) is 2.40. The number of rotatable bonds is 2. The Morgan fingerprint density at radius 1 is 0.955 bits per heavy atom. The highest BCUT2D eigenvalue weighted by Crippen LogP contribution is 2.35. The Balaban J connectivity index is 2.06. The molecule has 0 atom stereocenters. The number of benzene rings is 2. The molecule has 2 N–H and O–H groups in total. The van der Waals surface area contributed by atoms with Crippen molar-refractivity contribution in [3.8, 4) is 0 Å². The molecule has 0 aliphatic rings. The molecular formula is C14H9ClF4N2O. The van der Waals surface area contributed by atoms with Crippen LogP contribution in [0.5, 0.6) is 0 Å². The molecule has 0 fully saturated rings. The highest BCUT2D eigenvalue weighted by molar-refractivity contribution is 6.31. The summed E-state index contributed by atoms with van der Waals surface area (Å²) in [6.07, 6.45) is -4.56. The Bertz CT molecular complexity index is 686. The first-order valence-corrected chi connectivity index (χ1v) is 6.34. The number of nitrogens with one attached hydrogen (secondary N) is 2. The molecule has 0 radical (unpaired) electrons. The molecular weight excluding hydrogens is 324 g/mol. The molecule has 8 heteroatoms. The smallest absolute Gasteiger partial charge is 0.308 e. The Morgan fingerprint density at radius 2 is 1.50 bits per heavy atom. The fourth-order valence-electron chi connectivity index (χ4n) is 1.65. The maximum atomic E-state index is 12.7. The van der Waals surface area contributed by atoms with Gasteiger partial charge in [0.1, 0.15) is 5.82 Å². The molecule has 0 aliphatic carbocycles. The van der Waals surface area contributed by atoms with Crippen molar-refractivity contribution in [3.63, 3.8) is 0 Å². The lowest BCUT2D eigenvalue weighted by Crippen LogP contribution is -2.19. The summed E-state index contributed by atoms with van der Waals surface area (Å²) in [5, 5.41) is 4.21. The largest absolute Gasteiger partial charge is 0.417 e. The van der Waals surface area contributed by atoms with Gasteiger partial charge in [-0.15, -0.1) is 0 Å². The van der Waals surface area contributed by atoms with Crippen LogP contribution in [-0.2, 0) is 6.18 Å². The lowest BCUT2D eigenvalue weighted by atomic mass is 10.2. The van der Waals surface area contributed by atoms with Crippen LogP contribution >= 0.6 is 11.6 Å². The van der Waals surface area contributed by atoms with Crippen molar-refractivity contribution in [2.45, 2.75) is 6.18 Å². The Kier molecular flexibility index (Phi) is 4.56. The number of amides is 2. The van der Waals surface area contributed by atoms with Crippen LogP contribution in [0, 0.1) is 5.82 Å². The number of hydrogen-bond acceptors (Lipinski definition) is 1. The zero-order valence-corrected chi connectivity index (χ0v) is 11.6. The molecule has 0 aliphatic heterocycles. The minimum atomic E-state index is -4.56. The van der Waals surface area contributed by atoms with Gasteiger partial charge in [-0.25, -0.2) is 9.18 Å². The van der Waals surface area contributed by atoms with E-state index in [1.165, 1.54) is 12.1 Å². The molecule has 0 saturated carbocycles. The number of halogens is 5. The first kappa shape index (κ1) is 16.1. The molecule has 2 rings (SSSR count). The van der Waals surface area contributed by atoms with E-state index in [4.69, 9.17) is 11.6 Å². The predicted molar refractivity (Wildman–Crippen MR) is 75.5 cm³/mol. The maximum Gasteiger partial charge on any atom is 0.417 e. The van der Waals surface area contributed by atoms with Gasteiger partial charge in [0.2, 0.25) is 0 Å². The van der Waals surface area contributed by atoms with Gasteiger partial charge in [0, 0.05) is 11.4 Å². The Morgan fingerprint density at radius 3 is 2.05 bits per heavy atom. The third-order valence-electron chi connectivity index (χ3n) is 2.63. The normalized spacial score (nSPS) is 11.1. The molecule has 0 spiro atoms. The van der Waals surface area contributed by atoms with Gasteiger partial charge < -0.3 is 10.6 Å². The van der Waals surface area contributed by atoms with E-state index >= 15 is 0 Å². The lowest BCUT2D eigenvalue weighted by molar-refractivity contribution is -0.137. The number of urea groups is 1. The summed E-state index contributed by atoms with van der Waals surface area (Å²) in [6, 6.07) is 7.16. The molecule has 0 bridgehead atoms. The minimum Gasteiger partial charge on any atom is -0.308 e. The summed E-state index contributed by atoms with van der Waals surface area (Å²) in [4.78, 5) is 11.7. The Hall–Kier alpha value is -2.28. The standard InChI is InChI=1S/C14H9ClF4N2O/c15-12-7-10(5-6-11(12)14(17,18)19)21-13(22)20-9-3-1-8(16)2-4-9/h1-7H,(H2,20,21,22). The fraction of sp³-hybridized carbons (Fsp3) is 0.0714. The summed E-state index contributed by atoms with van der Waals surface area (Å²) in [5.74, 6) is -0.458. The van der Waals surface area contributed by atoms with Gasteiger partial charge in [0.15, 0.2) is 0 Å². The van der Waals surface area contributed by atoms with Crippen molar-refractivity contribution in [3.05, 3.63) is 58.9 Å². The third kappa shape index (κ3) is 4.11. The third-order valence-corrected chi connectivity index (χ3v) is 2.95. The zero-order chi connectivity index (χ0) is 16.3. The van der Waals surface area contributed by atoms with Crippen molar-refractivity contribution < 1.29 is 22.4 Å². The molecule has 2 aromatic carbocycles. The number of anilines is 2. The molecule has 0 unspecified atom stereocenters. The maximum absolute atomic E-state index is 12.7. The van der Waals surface area contributed by atoms with Gasteiger partial charge in [-0.3, -0.25) is 0 Å². The first-order chi connectivity index (χ1) is 10.3. The molecule has 116 valence electrons. The first-order valence-electron chi connectivity index (χ1n) is 5.96. The second-order valence-electron chi connectivity index (χ2n) is 4.28. The van der Waals surface area contributed by atoms with Crippen LogP contribution in [0.4, 0.5) is 33.7 Å². The molecule has 0 aromatic heterocycles. The van der Waals surface area contributed by atoms with E-state index in [-0.39, 0.29) is 5.69 Å². The van der Waals surface area contributed by atoms with Gasteiger partial charge in [-0.05, 0) is 42.5 Å². The van der Waals surface area contributed by atoms with E-state index in [9.17, 15) is 22.4 Å². The quantitative estimate of drug-likeness (QED) is 0.734. The highest BCUT2D eigenvalue weighted by atomic mass is 35.5. The number of carbonyl (C=O) groups is 1. The second-order valence-corrected chi connectivity index (χ2v) is 4.69. The van der Waals surface area contributed by atoms with E-state index in [2.05, 4.69) is 10.6 Å². The number of hydrogen-bond donors (Lipinski definition) is 2. The van der Waals surface area contributed by atoms with Crippen molar-refractivity contribution in [2.75, 3.05) is 10.6 Å². The van der Waals surface area contributed by atoms with E-state index in [1.54, 1.807) is 0 Å². The molecule has 2 amide bonds. The molecule has 2 aromatic rings. The highest BCUT2D eigenvalue weighted by Gasteiger charge is 2.33. The summed E-state index contributed by atoms with van der Waals surface area (Å²) >= 11 is 5.54. The van der Waals surface area contributed by atoms with Gasteiger partial charge in [0.05, 0.1) is 10.6 Å². The summed E-state index contributed by atoms with van der Waals surface area (Å²) in [6.45, 7) is 0. The van der Waals surface area contributed by atoms with Gasteiger partial charge in [-0.2, -0.15) is 13.2 Å². The van der Waals surface area contributed by atoms with Crippen molar-refractivity contribution >= 4 is 29.0 Å². The number of alkyl halides is 3. The van der Waals surface area contributed by atoms with Crippen LogP contribution in [0.3, 0.4) is 0 Å². The second kappa shape index (κ2) is 6.23. The predicted octanol–water partition coefficient (Wildman–Crippen LogP) is 5.14. The molecule has 22 heavy (non-hydrogen) atoms. The van der Waals surface area contributed by atoms with E-state index in [0.717, 1.165) is 30.3 Å². The van der Waals surface area contributed by atoms with E-state index in [0.29, 0.717) is 5.69 Å². The molecule has 3 nitrogen and oxygen atoms in total. The summed E-state index contributed by atoms with van der Waals surface area (Å²) in [5.41, 5.74) is -0.562. The van der Waals surface area contributed by atoms with Crippen LogP contribution in [0.2, 0.25) is 5.02 Å². The Labute approximate surface area is 127 Å². The molecule has 0 heterocycles. The number of carbonyl (C=O) groups excluding carboxylic acids is 1. The van der Waals surface area contributed by atoms with Crippen LogP contribution < -0.4 is 10.6 Å². The molecule has 0 saturated heterocycles. The van der Waals surface area contributed by atoms with Crippen molar-refractivity contribution in [1.82, 2.24) is 0 Å². The van der Waals surface area contributed by atoms with Gasteiger partial charge in [0.25, 0.3) is 0 Å². The van der Waals surface area contributed by atoms with E-state index in [1.807, 2.05) is 0 Å². The minimum absolute atomic E-state index is 0.0950. The van der Waals surface area contributed by atoms with E-state index < -0.39 is 28.6 Å².